The van der Waals surface area contributed by atoms with Crippen LogP contribution in [0.1, 0.15) is 77.3 Å². The summed E-state index contributed by atoms with van der Waals surface area (Å²) < 4.78 is 0. The Hall–Kier alpha value is -2.86. The van der Waals surface area contributed by atoms with E-state index >= 15 is 0 Å². The van der Waals surface area contributed by atoms with Gasteiger partial charge in [0.05, 0.1) is 5.41 Å². The smallest absolute Gasteiger partial charge is 0.0670 e. The Bertz CT molecular complexity index is 1120. The summed E-state index contributed by atoms with van der Waals surface area (Å²) >= 11 is 0. The highest BCUT2D eigenvalue weighted by molar-refractivity contribution is 5.65. The van der Waals surface area contributed by atoms with Gasteiger partial charge in [-0.2, -0.15) is 0 Å². The minimum absolute atomic E-state index is 0.0597. The zero-order chi connectivity index (χ0) is 24.8. The lowest BCUT2D eigenvalue weighted by Gasteiger charge is -2.41. The van der Waals surface area contributed by atoms with E-state index in [0.717, 1.165) is 6.42 Å². The van der Waals surface area contributed by atoms with E-state index in [2.05, 4.69) is 129 Å². The third-order valence-electron chi connectivity index (χ3n) is 7.16. The molecule has 0 aliphatic heterocycles. The number of rotatable bonds is 4. The second-order valence-corrected chi connectivity index (χ2v) is 11.6. The van der Waals surface area contributed by atoms with Crippen LogP contribution in [0.4, 0.5) is 0 Å². The van der Waals surface area contributed by atoms with Crippen LogP contribution in [-0.4, -0.2) is 0 Å². The molecule has 4 rings (SSSR count). The Kier molecular flexibility index (Phi) is 6.23. The van der Waals surface area contributed by atoms with Crippen LogP contribution in [0.2, 0.25) is 0 Å². The van der Waals surface area contributed by atoms with Crippen molar-refractivity contribution in [2.24, 2.45) is 5.41 Å². The number of allylic oxidation sites excluding steroid dienone is 4. The molecule has 176 valence electrons. The van der Waals surface area contributed by atoms with Crippen LogP contribution in [-0.2, 0) is 5.41 Å². The fourth-order valence-corrected chi connectivity index (χ4v) is 6.16. The van der Waals surface area contributed by atoms with Crippen LogP contribution in [0, 0.1) is 47.0 Å². The molecule has 0 amide bonds. The minimum atomic E-state index is -0.351. The van der Waals surface area contributed by atoms with Gasteiger partial charge in [0, 0.05) is 0 Å². The van der Waals surface area contributed by atoms with Crippen LogP contribution in [0.15, 0.2) is 77.9 Å². The summed E-state index contributed by atoms with van der Waals surface area (Å²) in [6.07, 6.45) is 5.73. The van der Waals surface area contributed by atoms with E-state index in [1.165, 1.54) is 61.2 Å². The summed E-state index contributed by atoms with van der Waals surface area (Å²) in [5, 5.41) is 0. The predicted octanol–water partition coefficient (Wildman–Crippen LogP) is 9.17. The first-order valence-corrected chi connectivity index (χ1v) is 12.6. The van der Waals surface area contributed by atoms with Crippen molar-refractivity contribution in [3.63, 3.8) is 0 Å². The van der Waals surface area contributed by atoms with Crippen LogP contribution in [0.3, 0.4) is 0 Å². The molecular weight excluding hydrogens is 408 g/mol. The largest absolute Gasteiger partial charge is 0.0801 e. The van der Waals surface area contributed by atoms with Crippen molar-refractivity contribution in [1.29, 1.82) is 0 Å². The highest BCUT2D eigenvalue weighted by Crippen LogP contribution is 2.53. The number of hydrogen-bond acceptors (Lipinski definition) is 0. The first-order chi connectivity index (χ1) is 15.9. The van der Waals surface area contributed by atoms with E-state index in [1.807, 2.05) is 0 Å². The highest BCUT2D eigenvalue weighted by Gasteiger charge is 2.44. The molecule has 0 heterocycles. The van der Waals surface area contributed by atoms with Crippen molar-refractivity contribution in [2.45, 2.75) is 74.1 Å². The summed E-state index contributed by atoms with van der Waals surface area (Å²) in [4.78, 5) is 0. The van der Waals surface area contributed by atoms with Gasteiger partial charge in [-0.05, 0) is 81.2 Å². The van der Waals surface area contributed by atoms with Gasteiger partial charge in [0.25, 0.3) is 0 Å². The molecule has 0 saturated carbocycles. The van der Waals surface area contributed by atoms with E-state index in [-0.39, 0.29) is 10.8 Å². The van der Waals surface area contributed by atoms with E-state index in [0.29, 0.717) is 0 Å². The molecule has 0 atom stereocenters. The second-order valence-electron chi connectivity index (χ2n) is 11.6. The average molecular weight is 449 g/mol. The topological polar surface area (TPSA) is 0 Å². The van der Waals surface area contributed by atoms with Gasteiger partial charge in [-0.15, -0.1) is 0 Å². The molecule has 0 N–H and O–H groups in total. The standard InChI is InChI=1S/C34H40/c1-22-13-23(2)17-28(16-22)34(29-18-24(3)14-25(4)19-29,30-20-26(5)15-27(6)21-30)32-12-10-11-31(32)33(7,8)9/h10-11,13-21H,12H2,1-9H3. The molecule has 0 spiro atoms. The number of aryl methyl sites for hydroxylation is 6. The van der Waals surface area contributed by atoms with Crippen molar-refractivity contribution in [3.8, 4) is 0 Å². The molecule has 0 nitrogen and oxygen atoms in total. The summed E-state index contributed by atoms with van der Waals surface area (Å²) in [7, 11) is 0. The van der Waals surface area contributed by atoms with Crippen LogP contribution >= 0.6 is 0 Å². The quantitative estimate of drug-likeness (QED) is 0.349. The molecular formula is C34H40. The van der Waals surface area contributed by atoms with Gasteiger partial charge in [0.15, 0.2) is 0 Å². The molecule has 0 fully saturated rings. The van der Waals surface area contributed by atoms with E-state index in [9.17, 15) is 0 Å². The van der Waals surface area contributed by atoms with Gasteiger partial charge in [0.1, 0.15) is 0 Å². The maximum atomic E-state index is 2.42. The van der Waals surface area contributed by atoms with Crippen molar-refractivity contribution in [2.75, 3.05) is 0 Å². The van der Waals surface area contributed by atoms with Gasteiger partial charge in [0.2, 0.25) is 0 Å². The Balaban J connectivity index is 2.28. The molecule has 3 aromatic carbocycles. The Morgan fingerprint density at radius 3 is 1.12 bits per heavy atom. The van der Waals surface area contributed by atoms with Gasteiger partial charge < -0.3 is 0 Å². The molecule has 0 saturated heterocycles. The van der Waals surface area contributed by atoms with E-state index in [4.69, 9.17) is 0 Å². The maximum Gasteiger partial charge on any atom is 0.0670 e. The lowest BCUT2D eigenvalue weighted by atomic mass is 9.61. The van der Waals surface area contributed by atoms with Crippen LogP contribution in [0.5, 0.6) is 0 Å². The zero-order valence-corrected chi connectivity index (χ0v) is 22.6. The summed E-state index contributed by atoms with van der Waals surface area (Å²) in [6.45, 7) is 20.5. The third-order valence-corrected chi connectivity index (χ3v) is 7.16. The number of benzene rings is 3. The van der Waals surface area contributed by atoms with Crippen molar-refractivity contribution >= 4 is 0 Å². The molecule has 0 aromatic heterocycles. The fraction of sp³-hybridized carbons (Fsp3) is 0.353. The second kappa shape index (κ2) is 8.73. The Morgan fingerprint density at radius 1 is 0.500 bits per heavy atom. The third kappa shape index (κ3) is 4.31. The van der Waals surface area contributed by atoms with Gasteiger partial charge in [-0.25, -0.2) is 0 Å². The molecule has 1 aliphatic rings. The SMILES string of the molecule is Cc1cc(C)cc(C(C2=C(C(C)(C)C)C=CC2)(c2cc(C)cc(C)c2)c2cc(C)cc(C)c2)c1. The van der Waals surface area contributed by atoms with Gasteiger partial charge >= 0.3 is 0 Å². The van der Waals surface area contributed by atoms with E-state index in [1.54, 1.807) is 0 Å². The molecule has 0 heteroatoms. The highest BCUT2D eigenvalue weighted by atomic mass is 14.5. The van der Waals surface area contributed by atoms with Crippen LogP contribution < -0.4 is 0 Å². The Morgan fingerprint density at radius 2 is 0.824 bits per heavy atom. The molecule has 0 radical (unpaired) electrons. The minimum Gasteiger partial charge on any atom is -0.0801 e. The molecule has 34 heavy (non-hydrogen) atoms. The first-order valence-electron chi connectivity index (χ1n) is 12.6. The fourth-order valence-electron chi connectivity index (χ4n) is 6.16. The first kappa shape index (κ1) is 24.3. The molecule has 0 unspecified atom stereocenters. The average Bonchev–Trinajstić information content (AvgIpc) is 3.17. The lowest BCUT2D eigenvalue weighted by Crippen LogP contribution is -2.34. The predicted molar refractivity (Wildman–Crippen MR) is 148 cm³/mol. The van der Waals surface area contributed by atoms with Crippen molar-refractivity contribution in [1.82, 2.24) is 0 Å². The Labute approximate surface area is 207 Å². The summed E-state index contributed by atoms with van der Waals surface area (Å²) in [5.74, 6) is 0. The summed E-state index contributed by atoms with van der Waals surface area (Å²) in [5.41, 5.74) is 14.7. The van der Waals surface area contributed by atoms with Crippen molar-refractivity contribution in [3.05, 3.63) is 128 Å². The number of hydrogen-bond donors (Lipinski definition) is 0. The van der Waals surface area contributed by atoms with Gasteiger partial charge in [-0.3, -0.25) is 0 Å². The van der Waals surface area contributed by atoms with Crippen molar-refractivity contribution < 1.29 is 0 Å². The van der Waals surface area contributed by atoms with E-state index < -0.39 is 0 Å². The van der Waals surface area contributed by atoms with Crippen LogP contribution in [0.25, 0.3) is 0 Å². The molecule has 0 bridgehead atoms. The summed E-state index contributed by atoms with van der Waals surface area (Å²) in [6, 6.07) is 21.4. The monoisotopic (exact) mass is 448 g/mol. The lowest BCUT2D eigenvalue weighted by molar-refractivity contribution is 0.503. The molecule has 3 aromatic rings. The normalized spacial score (nSPS) is 14.3. The zero-order valence-electron chi connectivity index (χ0n) is 22.6. The van der Waals surface area contributed by atoms with Gasteiger partial charge in [-0.1, -0.05) is 121 Å². The maximum absolute atomic E-state index is 2.42. The molecule has 1 aliphatic carbocycles.